The zero-order valence-corrected chi connectivity index (χ0v) is 34.0. The molecule has 0 saturated heterocycles. The fraction of sp³-hybridized carbons (Fsp3) is 0.737. The summed E-state index contributed by atoms with van der Waals surface area (Å²) in [6.07, 6.45) is -1.06. The molecule has 0 aromatic heterocycles. The summed E-state index contributed by atoms with van der Waals surface area (Å²) >= 11 is 0. The van der Waals surface area contributed by atoms with Crippen molar-refractivity contribution in [1.29, 1.82) is 0 Å². The molecule has 1 N–H and O–H groups in total. The molecule has 0 bridgehead atoms. The largest absolute Gasteiger partial charge is 0.445 e. The number of likely N-dealkylation sites (N-methyl/N-ethyl adjacent to an activating group) is 3. The Kier molecular flexibility index (Phi) is 13.8. The van der Waals surface area contributed by atoms with Gasteiger partial charge in [-0.3, -0.25) is 9.59 Å². The smallest absolute Gasteiger partial charge is 0.410 e. The van der Waals surface area contributed by atoms with E-state index in [1.54, 1.807) is 26.0 Å². The molecule has 49 heavy (non-hydrogen) atoms. The normalized spacial score (nSPS) is 12.8. The van der Waals surface area contributed by atoms with Crippen LogP contribution in [0.3, 0.4) is 0 Å². The lowest BCUT2D eigenvalue weighted by Gasteiger charge is -2.52. The van der Waals surface area contributed by atoms with Crippen LogP contribution in [0.5, 0.6) is 0 Å². The molecule has 11 heteroatoms. The molecule has 1 rings (SSSR count). The number of benzene rings is 1. The monoisotopic (exact) mass is 690 g/mol. The van der Waals surface area contributed by atoms with Crippen molar-refractivity contribution in [2.45, 2.75) is 145 Å². The first-order valence-electron chi connectivity index (χ1n) is 17.2. The van der Waals surface area contributed by atoms with Gasteiger partial charge in [-0.15, -0.1) is 0 Å². The number of hydrogen-bond acceptors (Lipinski definition) is 7. The van der Waals surface area contributed by atoms with E-state index in [1.807, 2.05) is 115 Å². The average Bonchev–Trinajstić information content (AvgIpc) is 2.99. The number of carbonyl (C=O) groups is 4. The van der Waals surface area contributed by atoms with Crippen molar-refractivity contribution < 1.29 is 28.7 Å². The molecule has 0 atom stereocenters. The number of ether oxygens (including phenoxy) is 2. The Bertz CT molecular complexity index is 1340. The molecule has 0 radical (unpaired) electrons. The van der Waals surface area contributed by atoms with E-state index in [4.69, 9.17) is 9.47 Å². The number of hydrogen-bond donors (Lipinski definition) is 1. The maximum absolute atomic E-state index is 13.4. The van der Waals surface area contributed by atoms with Crippen molar-refractivity contribution in [2.24, 2.45) is 11.3 Å². The van der Waals surface area contributed by atoms with Crippen molar-refractivity contribution in [1.82, 2.24) is 20.0 Å². The van der Waals surface area contributed by atoms with Gasteiger partial charge in [0.05, 0.1) is 22.2 Å². The molecule has 0 spiro atoms. The number of anilines is 1. The minimum Gasteiger partial charge on any atom is -0.445 e. The Morgan fingerprint density at radius 1 is 0.673 bits per heavy atom. The van der Waals surface area contributed by atoms with Gasteiger partial charge in [0.15, 0.2) is 0 Å². The first-order chi connectivity index (χ1) is 21.9. The lowest BCUT2D eigenvalue weighted by atomic mass is 9.78. The first kappa shape index (κ1) is 43.5. The highest BCUT2D eigenvalue weighted by Gasteiger charge is 2.48. The maximum Gasteiger partial charge on any atom is 0.410 e. The summed E-state index contributed by atoms with van der Waals surface area (Å²) in [5, 5.41) is 3.06. The Balaban J connectivity index is 3.23. The van der Waals surface area contributed by atoms with Gasteiger partial charge in [-0.05, 0) is 86.9 Å². The highest BCUT2D eigenvalue weighted by atomic mass is 16.6. The lowest BCUT2D eigenvalue weighted by Crippen LogP contribution is -2.66. The summed E-state index contributed by atoms with van der Waals surface area (Å²) < 4.78 is 11.7. The topological polar surface area (TPSA) is 112 Å². The number of rotatable bonds is 13. The fourth-order valence-corrected chi connectivity index (χ4v) is 5.00. The van der Waals surface area contributed by atoms with Crippen molar-refractivity contribution in [2.75, 3.05) is 33.1 Å². The predicted octanol–water partition coefficient (Wildman–Crippen LogP) is 7.06. The predicted molar refractivity (Wildman–Crippen MR) is 197 cm³/mol. The SMILES string of the molecule is CC(C)C(=O)NC(C)(C)C(C)(C)N(C)C(=O)OCc1cc(COC(=O)N(C)C(C)(C)C(C)(C)N(C)C(=O)C(C)(C)C)ccc1N(C)C(C)C. The van der Waals surface area contributed by atoms with E-state index in [9.17, 15) is 19.2 Å². The van der Waals surface area contributed by atoms with E-state index < -0.39 is 39.8 Å². The Morgan fingerprint density at radius 3 is 1.57 bits per heavy atom. The molecule has 0 aliphatic rings. The third kappa shape index (κ3) is 9.81. The molecule has 4 amide bonds. The van der Waals surface area contributed by atoms with Crippen molar-refractivity contribution in [3.8, 4) is 0 Å². The van der Waals surface area contributed by atoms with Gasteiger partial charge in [-0.1, -0.05) is 40.7 Å². The highest BCUT2D eigenvalue weighted by Crippen LogP contribution is 2.35. The van der Waals surface area contributed by atoms with Crippen molar-refractivity contribution in [3.63, 3.8) is 0 Å². The second-order valence-corrected chi connectivity index (χ2v) is 17.0. The van der Waals surface area contributed by atoms with Crippen LogP contribution < -0.4 is 10.2 Å². The van der Waals surface area contributed by atoms with Crippen LogP contribution in [0.2, 0.25) is 0 Å². The minimum atomic E-state index is -0.786. The van der Waals surface area contributed by atoms with Crippen LogP contribution in [0, 0.1) is 11.3 Å². The van der Waals surface area contributed by atoms with Gasteiger partial charge in [0, 0.05) is 56.8 Å². The molecular formula is C38H67N5O6. The number of nitrogens with zero attached hydrogens (tertiary/aromatic N) is 4. The van der Waals surface area contributed by atoms with Gasteiger partial charge in [0.25, 0.3) is 0 Å². The van der Waals surface area contributed by atoms with Crippen molar-refractivity contribution in [3.05, 3.63) is 29.3 Å². The van der Waals surface area contributed by atoms with E-state index in [0.717, 1.165) is 16.8 Å². The molecule has 0 unspecified atom stereocenters. The van der Waals surface area contributed by atoms with E-state index in [0.29, 0.717) is 0 Å². The van der Waals surface area contributed by atoms with Gasteiger partial charge in [0.1, 0.15) is 13.2 Å². The summed E-state index contributed by atoms with van der Waals surface area (Å²) in [5.41, 5.74) is -1.23. The molecule has 0 aliphatic carbocycles. The molecule has 0 fully saturated rings. The molecular weight excluding hydrogens is 622 g/mol. The van der Waals surface area contributed by atoms with Gasteiger partial charge < -0.3 is 34.4 Å². The molecule has 1 aromatic carbocycles. The highest BCUT2D eigenvalue weighted by molar-refractivity contribution is 5.82. The Labute approximate surface area is 297 Å². The van der Waals surface area contributed by atoms with E-state index in [2.05, 4.69) is 24.1 Å². The molecule has 0 heterocycles. The quantitative estimate of drug-likeness (QED) is 0.236. The van der Waals surface area contributed by atoms with E-state index in [-0.39, 0.29) is 37.0 Å². The Morgan fingerprint density at radius 2 is 1.12 bits per heavy atom. The van der Waals surface area contributed by atoms with Crippen LogP contribution in [0.1, 0.15) is 115 Å². The molecule has 280 valence electrons. The second-order valence-electron chi connectivity index (χ2n) is 17.0. The number of amides is 4. The first-order valence-corrected chi connectivity index (χ1v) is 17.2. The molecule has 11 nitrogen and oxygen atoms in total. The Hall–Kier alpha value is -3.50. The van der Waals surface area contributed by atoms with Crippen LogP contribution >= 0.6 is 0 Å². The minimum absolute atomic E-state index is 0.000263. The lowest BCUT2D eigenvalue weighted by molar-refractivity contribution is -0.148. The van der Waals surface area contributed by atoms with E-state index >= 15 is 0 Å². The number of nitrogens with one attached hydrogen (secondary N) is 1. The van der Waals surface area contributed by atoms with Gasteiger partial charge >= 0.3 is 12.2 Å². The van der Waals surface area contributed by atoms with E-state index in [1.165, 1.54) is 9.80 Å². The van der Waals surface area contributed by atoms with Crippen LogP contribution in [-0.4, -0.2) is 95.1 Å². The van der Waals surface area contributed by atoms with Gasteiger partial charge in [0.2, 0.25) is 11.8 Å². The summed E-state index contributed by atoms with van der Waals surface area (Å²) in [4.78, 5) is 59.3. The standard InChI is InChI=1S/C38H67N5O6/c1-25(2)30(44)39-35(8,9)36(10,11)42(18)32(46)49-24-28-22-27(20-21-29(28)40(16)26(3)4)23-48-33(47)43(19)38(14,15)37(12,13)41(17)31(45)34(5,6)7/h20-22,25-26H,23-24H2,1-19H3,(H,39,44). The second kappa shape index (κ2) is 15.6. The third-order valence-electron chi connectivity index (χ3n) is 11.0. The van der Waals surface area contributed by atoms with Gasteiger partial charge in [-0.25, -0.2) is 9.59 Å². The summed E-state index contributed by atoms with van der Waals surface area (Å²) in [7, 11) is 7.08. The number of carbonyl (C=O) groups excluding carboxylic acids is 4. The van der Waals surface area contributed by atoms with Crippen LogP contribution in [0.4, 0.5) is 15.3 Å². The summed E-state index contributed by atoms with van der Waals surface area (Å²) in [6.45, 7) is 28.7. The maximum atomic E-state index is 13.4. The molecule has 0 saturated carbocycles. The van der Waals surface area contributed by atoms with Gasteiger partial charge in [-0.2, -0.15) is 0 Å². The molecule has 0 aliphatic heterocycles. The van der Waals surface area contributed by atoms with Crippen LogP contribution in [-0.2, 0) is 32.3 Å². The summed E-state index contributed by atoms with van der Waals surface area (Å²) in [6, 6.07) is 5.89. The zero-order chi connectivity index (χ0) is 38.7. The van der Waals surface area contributed by atoms with Crippen LogP contribution in [0.15, 0.2) is 18.2 Å². The summed E-state index contributed by atoms with van der Waals surface area (Å²) in [5.74, 6) is -0.316. The fourth-order valence-electron chi connectivity index (χ4n) is 5.00. The zero-order valence-electron chi connectivity index (χ0n) is 34.0. The molecule has 1 aromatic rings. The third-order valence-corrected chi connectivity index (χ3v) is 11.0. The van der Waals surface area contributed by atoms with Crippen molar-refractivity contribution >= 4 is 29.7 Å². The average molecular weight is 690 g/mol. The van der Waals surface area contributed by atoms with Crippen LogP contribution in [0.25, 0.3) is 0 Å².